The van der Waals surface area contributed by atoms with Gasteiger partial charge in [0.05, 0.1) is 38.6 Å². The smallest absolute Gasteiger partial charge is 0.355 e. The minimum atomic E-state index is -0.945. The lowest BCUT2D eigenvalue weighted by atomic mass is 10.3. The summed E-state index contributed by atoms with van der Waals surface area (Å²) in [5.74, 6) is -2.22. The van der Waals surface area contributed by atoms with Crippen LogP contribution in [0.4, 0.5) is 0 Å². The largest absolute Gasteiger partial charge is 0.463 e. The van der Waals surface area contributed by atoms with E-state index in [-0.39, 0.29) is 45.4 Å². The summed E-state index contributed by atoms with van der Waals surface area (Å²) in [6.45, 7) is 4.44. The fourth-order valence-corrected chi connectivity index (χ4v) is 2.61. The first-order valence-electron chi connectivity index (χ1n) is 10.2. The summed E-state index contributed by atoms with van der Waals surface area (Å²) in [5.41, 5.74) is -1.72. The first kappa shape index (κ1) is 26.2. The van der Waals surface area contributed by atoms with Crippen molar-refractivity contribution in [3.05, 3.63) is 51.1 Å². The highest BCUT2D eigenvalue weighted by Gasteiger charge is 2.19. The van der Waals surface area contributed by atoms with Gasteiger partial charge in [0.15, 0.2) is 0 Å². The summed E-state index contributed by atoms with van der Waals surface area (Å²) >= 11 is 0. The molecule has 2 aromatic heterocycles. The molecule has 2 aromatic rings. The highest BCUT2D eigenvalue weighted by atomic mass is 16.6. The van der Waals surface area contributed by atoms with Gasteiger partial charge >= 0.3 is 23.6 Å². The normalized spacial score (nSPS) is 11.2. The predicted octanol–water partition coefficient (Wildman–Crippen LogP) is -0.846. The van der Waals surface area contributed by atoms with Crippen LogP contribution in [0.1, 0.15) is 26.5 Å². The summed E-state index contributed by atoms with van der Waals surface area (Å²) in [7, 11) is 0. The van der Waals surface area contributed by atoms with E-state index in [1.807, 2.05) is 0 Å². The minimum Gasteiger partial charge on any atom is -0.463 e. The van der Waals surface area contributed by atoms with E-state index in [0.29, 0.717) is 0 Å². The first-order chi connectivity index (χ1) is 16.3. The third kappa shape index (κ3) is 7.51. The summed E-state index contributed by atoms with van der Waals surface area (Å²) in [5, 5.41) is 7.73. The number of aromatic nitrogens is 5. The number of esters is 3. The van der Waals surface area contributed by atoms with Crippen LogP contribution in [0.3, 0.4) is 0 Å². The SMILES string of the molecule is CCOC(=O)C=C(C(=O)OCC)n1ccc(=O)n(Cc2cn(COCCOC(C)=O)nn2)c1=O. The monoisotopic (exact) mass is 479 g/mol. The second kappa shape index (κ2) is 12.8. The van der Waals surface area contributed by atoms with E-state index in [9.17, 15) is 24.0 Å². The first-order valence-corrected chi connectivity index (χ1v) is 10.2. The standard InChI is InChI=1S/C20H25N5O9/c1-4-32-18(28)10-16(19(29)33-5-2)24-7-6-17(27)25(20(24)30)12-15-11-23(22-21-15)13-31-8-9-34-14(3)26/h6-7,10-11H,4-5,8-9,12-13H2,1-3H3. The number of hydrogen-bond donors (Lipinski definition) is 0. The highest BCUT2D eigenvalue weighted by Crippen LogP contribution is 2.05. The van der Waals surface area contributed by atoms with Crippen molar-refractivity contribution in [1.29, 1.82) is 0 Å². The third-order valence-corrected chi connectivity index (χ3v) is 4.02. The lowest BCUT2D eigenvalue weighted by Crippen LogP contribution is -2.40. The molecule has 184 valence electrons. The van der Waals surface area contributed by atoms with Crippen LogP contribution in [0.15, 0.2) is 34.1 Å². The van der Waals surface area contributed by atoms with Gasteiger partial charge in [-0.2, -0.15) is 0 Å². The molecule has 0 aromatic carbocycles. The van der Waals surface area contributed by atoms with E-state index in [1.165, 1.54) is 17.8 Å². The van der Waals surface area contributed by atoms with Gasteiger partial charge in [0.1, 0.15) is 24.7 Å². The van der Waals surface area contributed by atoms with E-state index >= 15 is 0 Å². The van der Waals surface area contributed by atoms with E-state index in [4.69, 9.17) is 18.9 Å². The number of hydrogen-bond acceptors (Lipinski definition) is 11. The van der Waals surface area contributed by atoms with Crippen LogP contribution in [0.2, 0.25) is 0 Å². The van der Waals surface area contributed by atoms with Crippen molar-refractivity contribution >= 4 is 23.6 Å². The molecule has 34 heavy (non-hydrogen) atoms. The zero-order valence-electron chi connectivity index (χ0n) is 19.0. The molecule has 0 amide bonds. The van der Waals surface area contributed by atoms with Crippen LogP contribution in [0, 0.1) is 0 Å². The van der Waals surface area contributed by atoms with Crippen molar-refractivity contribution in [2.45, 2.75) is 34.0 Å². The molecule has 0 saturated heterocycles. The zero-order valence-corrected chi connectivity index (χ0v) is 19.0. The lowest BCUT2D eigenvalue weighted by Gasteiger charge is -2.11. The molecule has 0 aliphatic heterocycles. The van der Waals surface area contributed by atoms with Gasteiger partial charge in [-0.15, -0.1) is 5.10 Å². The van der Waals surface area contributed by atoms with Crippen molar-refractivity contribution in [1.82, 2.24) is 24.1 Å². The Bertz CT molecular complexity index is 1160. The van der Waals surface area contributed by atoms with Crippen LogP contribution in [-0.2, 0) is 46.6 Å². The Morgan fingerprint density at radius 3 is 2.47 bits per heavy atom. The molecule has 0 radical (unpaired) electrons. The van der Waals surface area contributed by atoms with Gasteiger partial charge in [0, 0.05) is 19.2 Å². The van der Waals surface area contributed by atoms with Gasteiger partial charge in [0.2, 0.25) is 0 Å². The Morgan fingerprint density at radius 1 is 1.06 bits per heavy atom. The van der Waals surface area contributed by atoms with Crippen LogP contribution in [0.5, 0.6) is 0 Å². The second-order valence-corrected chi connectivity index (χ2v) is 6.52. The van der Waals surface area contributed by atoms with Crippen LogP contribution >= 0.6 is 0 Å². The van der Waals surface area contributed by atoms with Crippen molar-refractivity contribution in [2.75, 3.05) is 26.4 Å². The Labute approximate surface area is 193 Å². The number of carbonyl (C=O) groups is 3. The van der Waals surface area contributed by atoms with Gasteiger partial charge in [-0.3, -0.25) is 18.7 Å². The zero-order chi connectivity index (χ0) is 25.1. The van der Waals surface area contributed by atoms with Gasteiger partial charge < -0.3 is 18.9 Å². The molecule has 0 saturated carbocycles. The van der Waals surface area contributed by atoms with Crippen molar-refractivity contribution < 1.29 is 33.3 Å². The Hall–Kier alpha value is -4.07. The molecule has 0 fully saturated rings. The minimum absolute atomic E-state index is 0.000554. The molecule has 0 aliphatic carbocycles. The molecule has 0 bridgehead atoms. The average molecular weight is 479 g/mol. The second-order valence-electron chi connectivity index (χ2n) is 6.52. The Morgan fingerprint density at radius 2 is 1.79 bits per heavy atom. The van der Waals surface area contributed by atoms with E-state index in [1.54, 1.807) is 13.8 Å². The van der Waals surface area contributed by atoms with Crippen molar-refractivity contribution in [3.63, 3.8) is 0 Å². The lowest BCUT2D eigenvalue weighted by molar-refractivity contribution is -0.143. The fraction of sp³-hybridized carbons (Fsp3) is 0.450. The molecule has 0 atom stereocenters. The Balaban J connectivity index is 2.25. The number of ether oxygens (including phenoxy) is 4. The van der Waals surface area contributed by atoms with Crippen LogP contribution in [0.25, 0.3) is 5.70 Å². The maximum Gasteiger partial charge on any atom is 0.355 e. The predicted molar refractivity (Wildman–Crippen MR) is 114 cm³/mol. The molecular weight excluding hydrogens is 454 g/mol. The van der Waals surface area contributed by atoms with Crippen molar-refractivity contribution in [2.24, 2.45) is 0 Å². The molecule has 2 rings (SSSR count). The maximum absolute atomic E-state index is 13.0. The molecular formula is C20H25N5O9. The summed E-state index contributed by atoms with van der Waals surface area (Å²) in [6, 6.07) is 1.06. The number of nitrogens with zero attached hydrogens (tertiary/aromatic N) is 5. The quantitative estimate of drug-likeness (QED) is 0.161. The van der Waals surface area contributed by atoms with E-state index < -0.39 is 34.9 Å². The van der Waals surface area contributed by atoms with Gasteiger partial charge in [-0.05, 0) is 13.8 Å². The van der Waals surface area contributed by atoms with Gasteiger partial charge in [-0.25, -0.2) is 19.1 Å². The van der Waals surface area contributed by atoms with Gasteiger partial charge in [-0.1, -0.05) is 5.21 Å². The molecule has 14 heteroatoms. The van der Waals surface area contributed by atoms with Crippen LogP contribution in [-0.4, -0.2) is 68.5 Å². The molecule has 14 nitrogen and oxygen atoms in total. The molecule has 0 spiro atoms. The van der Waals surface area contributed by atoms with Gasteiger partial charge in [0.25, 0.3) is 5.56 Å². The average Bonchev–Trinajstić information content (AvgIpc) is 3.23. The highest BCUT2D eigenvalue weighted by molar-refractivity contribution is 6.14. The number of rotatable bonds is 12. The fourth-order valence-electron chi connectivity index (χ4n) is 2.61. The summed E-state index contributed by atoms with van der Waals surface area (Å²) in [6.07, 6.45) is 3.34. The Kier molecular flexibility index (Phi) is 9.89. The third-order valence-electron chi connectivity index (χ3n) is 4.02. The summed E-state index contributed by atoms with van der Waals surface area (Å²) in [4.78, 5) is 60.3. The molecule has 2 heterocycles. The summed E-state index contributed by atoms with van der Waals surface area (Å²) < 4.78 is 22.7. The number of carbonyl (C=O) groups excluding carboxylic acids is 3. The topological polar surface area (TPSA) is 163 Å². The molecule has 0 aliphatic rings. The van der Waals surface area contributed by atoms with E-state index in [2.05, 4.69) is 10.3 Å². The maximum atomic E-state index is 13.0. The van der Waals surface area contributed by atoms with E-state index in [0.717, 1.165) is 27.5 Å². The van der Waals surface area contributed by atoms with Crippen molar-refractivity contribution in [3.8, 4) is 0 Å². The molecule has 0 unspecified atom stereocenters. The molecule has 0 N–H and O–H groups in total. The van der Waals surface area contributed by atoms with Crippen LogP contribution < -0.4 is 11.2 Å².